The van der Waals surface area contributed by atoms with Gasteiger partial charge >= 0.3 is 11.8 Å². The zero-order chi connectivity index (χ0) is 19.4. The number of amides is 2. The first kappa shape index (κ1) is 18.9. The summed E-state index contributed by atoms with van der Waals surface area (Å²) >= 11 is 5.91. The molecule has 3 aromatic carbocycles. The Balaban J connectivity index is 1.64. The van der Waals surface area contributed by atoms with E-state index in [1.807, 2.05) is 36.4 Å². The molecule has 27 heavy (non-hydrogen) atoms. The van der Waals surface area contributed by atoms with E-state index in [-0.39, 0.29) is 6.54 Å². The summed E-state index contributed by atoms with van der Waals surface area (Å²) in [6.07, 6.45) is -0.930. The van der Waals surface area contributed by atoms with E-state index in [2.05, 4.69) is 10.6 Å². The van der Waals surface area contributed by atoms with Crippen LogP contribution in [-0.2, 0) is 9.59 Å². The number of rotatable bonds is 4. The molecule has 3 rings (SSSR count). The Bertz CT molecular complexity index is 998. The lowest BCUT2D eigenvalue weighted by molar-refractivity contribution is -0.136. The average Bonchev–Trinajstić information content (AvgIpc) is 2.68. The highest BCUT2D eigenvalue weighted by atomic mass is 35.5. The van der Waals surface area contributed by atoms with E-state index in [9.17, 15) is 14.7 Å². The fraction of sp³-hybridized carbons (Fsp3) is 0.143. The number of carbonyl (C=O) groups is 2. The fourth-order valence-electron chi connectivity index (χ4n) is 2.83. The van der Waals surface area contributed by atoms with E-state index in [0.717, 1.165) is 16.3 Å². The van der Waals surface area contributed by atoms with E-state index in [1.54, 1.807) is 31.2 Å². The maximum Gasteiger partial charge on any atom is 0.313 e. The first-order chi connectivity index (χ1) is 13.0. The van der Waals surface area contributed by atoms with Crippen LogP contribution in [0.3, 0.4) is 0 Å². The highest BCUT2D eigenvalue weighted by molar-refractivity contribution is 6.40. The van der Waals surface area contributed by atoms with Gasteiger partial charge in [-0.1, -0.05) is 60.1 Å². The molecule has 0 aromatic heterocycles. The monoisotopic (exact) mass is 382 g/mol. The zero-order valence-electron chi connectivity index (χ0n) is 14.7. The molecule has 0 saturated carbocycles. The molecular weight excluding hydrogens is 364 g/mol. The third kappa shape index (κ3) is 4.45. The van der Waals surface area contributed by atoms with Crippen LogP contribution >= 0.6 is 11.6 Å². The SMILES string of the molecule is Cc1ccc(Cl)cc1NC(=O)C(=O)NCC(O)c1cccc2ccccc12. The molecule has 0 aliphatic carbocycles. The number of aliphatic hydroxyl groups is 1. The van der Waals surface area contributed by atoms with Crippen LogP contribution in [-0.4, -0.2) is 23.5 Å². The number of hydrogen-bond donors (Lipinski definition) is 3. The quantitative estimate of drug-likeness (QED) is 0.603. The summed E-state index contributed by atoms with van der Waals surface area (Å²) in [5.74, 6) is -1.64. The van der Waals surface area contributed by atoms with Gasteiger partial charge in [-0.05, 0) is 41.0 Å². The van der Waals surface area contributed by atoms with Crippen molar-refractivity contribution in [3.8, 4) is 0 Å². The number of benzene rings is 3. The van der Waals surface area contributed by atoms with Crippen LogP contribution in [0.15, 0.2) is 60.7 Å². The summed E-state index contributed by atoms with van der Waals surface area (Å²) in [5.41, 5.74) is 1.95. The second-order valence-corrected chi connectivity index (χ2v) is 6.64. The molecule has 3 N–H and O–H groups in total. The second kappa shape index (κ2) is 8.20. The minimum Gasteiger partial charge on any atom is -0.387 e. The molecule has 138 valence electrons. The van der Waals surface area contributed by atoms with Gasteiger partial charge in [-0.25, -0.2) is 0 Å². The summed E-state index contributed by atoms with van der Waals surface area (Å²) in [6, 6.07) is 18.3. The van der Waals surface area contributed by atoms with Crippen molar-refractivity contribution in [2.24, 2.45) is 0 Å². The van der Waals surface area contributed by atoms with E-state index >= 15 is 0 Å². The van der Waals surface area contributed by atoms with Crippen molar-refractivity contribution in [3.63, 3.8) is 0 Å². The smallest absolute Gasteiger partial charge is 0.313 e. The predicted molar refractivity (Wildman–Crippen MR) is 107 cm³/mol. The molecule has 1 unspecified atom stereocenters. The Labute approximate surface area is 162 Å². The molecule has 0 aliphatic heterocycles. The molecule has 0 radical (unpaired) electrons. The van der Waals surface area contributed by atoms with Crippen LogP contribution in [0.2, 0.25) is 5.02 Å². The summed E-state index contributed by atoms with van der Waals surface area (Å²) in [7, 11) is 0. The number of aliphatic hydroxyl groups excluding tert-OH is 1. The summed E-state index contributed by atoms with van der Waals surface area (Å²) in [5, 5.41) is 17.8. The van der Waals surface area contributed by atoms with Gasteiger partial charge in [0.05, 0.1) is 6.10 Å². The first-order valence-corrected chi connectivity index (χ1v) is 8.84. The number of carbonyl (C=O) groups excluding carboxylic acids is 2. The Kier molecular flexibility index (Phi) is 5.74. The normalized spacial score (nSPS) is 11.8. The van der Waals surface area contributed by atoms with Crippen LogP contribution in [0, 0.1) is 6.92 Å². The van der Waals surface area contributed by atoms with Crippen molar-refractivity contribution in [2.75, 3.05) is 11.9 Å². The van der Waals surface area contributed by atoms with Crippen LogP contribution in [0.4, 0.5) is 5.69 Å². The van der Waals surface area contributed by atoms with Gasteiger partial charge in [-0.2, -0.15) is 0 Å². The summed E-state index contributed by atoms with van der Waals surface area (Å²) in [6.45, 7) is 1.73. The molecule has 0 bridgehead atoms. The van der Waals surface area contributed by atoms with Crippen LogP contribution < -0.4 is 10.6 Å². The molecule has 1 atom stereocenters. The molecule has 6 heteroatoms. The average molecular weight is 383 g/mol. The van der Waals surface area contributed by atoms with Crippen LogP contribution in [0.5, 0.6) is 0 Å². The van der Waals surface area contributed by atoms with Gasteiger partial charge in [-0.15, -0.1) is 0 Å². The topological polar surface area (TPSA) is 78.4 Å². The lowest BCUT2D eigenvalue weighted by Crippen LogP contribution is -2.37. The Hall–Kier alpha value is -2.89. The first-order valence-electron chi connectivity index (χ1n) is 8.47. The number of hydrogen-bond acceptors (Lipinski definition) is 3. The molecule has 0 aliphatic rings. The van der Waals surface area contributed by atoms with Crippen molar-refractivity contribution in [1.29, 1.82) is 0 Å². The molecule has 0 saturated heterocycles. The van der Waals surface area contributed by atoms with E-state index in [1.165, 1.54) is 0 Å². The van der Waals surface area contributed by atoms with Crippen LogP contribution in [0.1, 0.15) is 17.2 Å². The molecule has 2 amide bonds. The maximum absolute atomic E-state index is 12.1. The third-order valence-corrected chi connectivity index (χ3v) is 4.53. The second-order valence-electron chi connectivity index (χ2n) is 6.21. The van der Waals surface area contributed by atoms with Crippen molar-refractivity contribution >= 4 is 39.9 Å². The number of halogens is 1. The van der Waals surface area contributed by atoms with Gasteiger partial charge < -0.3 is 15.7 Å². The minimum absolute atomic E-state index is 0.0746. The largest absolute Gasteiger partial charge is 0.387 e. The number of nitrogens with one attached hydrogen (secondary N) is 2. The van der Waals surface area contributed by atoms with Gasteiger partial charge in [-0.3, -0.25) is 9.59 Å². The maximum atomic E-state index is 12.1. The summed E-state index contributed by atoms with van der Waals surface area (Å²) in [4.78, 5) is 24.2. The fourth-order valence-corrected chi connectivity index (χ4v) is 3.00. The Morgan fingerprint density at radius 3 is 2.59 bits per heavy atom. The predicted octanol–water partition coefficient (Wildman–Crippen LogP) is 3.59. The van der Waals surface area contributed by atoms with Gasteiger partial charge in [0.25, 0.3) is 0 Å². The number of anilines is 1. The molecule has 0 heterocycles. The standard InChI is InChI=1S/C21H19ClN2O3/c1-13-9-10-15(22)11-18(13)24-21(27)20(26)23-12-19(25)17-8-4-6-14-5-2-3-7-16(14)17/h2-11,19,25H,12H2,1H3,(H,23,26)(H,24,27). The van der Waals surface area contributed by atoms with Crippen molar-refractivity contribution in [1.82, 2.24) is 5.32 Å². The number of aryl methyl sites for hydroxylation is 1. The van der Waals surface area contributed by atoms with Gasteiger partial charge in [0.1, 0.15) is 0 Å². The van der Waals surface area contributed by atoms with Crippen molar-refractivity contribution in [3.05, 3.63) is 76.8 Å². The van der Waals surface area contributed by atoms with E-state index in [4.69, 9.17) is 11.6 Å². The van der Waals surface area contributed by atoms with Gasteiger partial charge in [0, 0.05) is 17.3 Å². The molecule has 0 fully saturated rings. The highest BCUT2D eigenvalue weighted by Crippen LogP contribution is 2.24. The molecular formula is C21H19ClN2O3. The Morgan fingerprint density at radius 2 is 1.78 bits per heavy atom. The van der Waals surface area contributed by atoms with Gasteiger partial charge in [0.2, 0.25) is 0 Å². The zero-order valence-corrected chi connectivity index (χ0v) is 15.5. The Morgan fingerprint density at radius 1 is 1.04 bits per heavy atom. The van der Waals surface area contributed by atoms with Gasteiger partial charge in [0.15, 0.2) is 0 Å². The van der Waals surface area contributed by atoms with E-state index < -0.39 is 17.9 Å². The van der Waals surface area contributed by atoms with Crippen molar-refractivity contribution in [2.45, 2.75) is 13.0 Å². The highest BCUT2D eigenvalue weighted by Gasteiger charge is 2.18. The lowest BCUT2D eigenvalue weighted by atomic mass is 10.0. The van der Waals surface area contributed by atoms with E-state index in [0.29, 0.717) is 16.3 Å². The molecule has 3 aromatic rings. The molecule has 5 nitrogen and oxygen atoms in total. The third-order valence-electron chi connectivity index (χ3n) is 4.29. The van der Waals surface area contributed by atoms with Crippen molar-refractivity contribution < 1.29 is 14.7 Å². The number of fused-ring (bicyclic) bond motifs is 1. The lowest BCUT2D eigenvalue weighted by Gasteiger charge is -2.15. The van der Waals surface area contributed by atoms with Crippen LogP contribution in [0.25, 0.3) is 10.8 Å². The molecule has 0 spiro atoms. The minimum atomic E-state index is -0.930. The summed E-state index contributed by atoms with van der Waals surface area (Å²) < 4.78 is 0.